The molecule has 1 saturated carbocycles. The SMILES string of the molecule is c1ccc([C@H]2CCC[C@H]2c2ccccc2)cc1. The number of hydrogen-bond acceptors (Lipinski definition) is 0. The van der Waals surface area contributed by atoms with Crippen LogP contribution in [0.25, 0.3) is 0 Å². The van der Waals surface area contributed by atoms with Gasteiger partial charge in [-0.15, -0.1) is 0 Å². The largest absolute Gasteiger partial charge is 0.0622 e. The average Bonchev–Trinajstić information content (AvgIpc) is 2.90. The van der Waals surface area contributed by atoms with Gasteiger partial charge in [0.25, 0.3) is 0 Å². The maximum atomic E-state index is 2.28. The summed E-state index contributed by atoms with van der Waals surface area (Å²) in [6.07, 6.45) is 4.03. The van der Waals surface area contributed by atoms with Crippen molar-refractivity contribution in [3.8, 4) is 0 Å². The molecule has 0 saturated heterocycles. The summed E-state index contributed by atoms with van der Waals surface area (Å²) < 4.78 is 0. The lowest BCUT2D eigenvalue weighted by Crippen LogP contribution is -2.04. The van der Waals surface area contributed by atoms with E-state index < -0.39 is 0 Å². The molecule has 0 amide bonds. The molecule has 0 aliphatic heterocycles. The third-order valence-corrected chi connectivity index (χ3v) is 3.97. The molecule has 0 unspecified atom stereocenters. The van der Waals surface area contributed by atoms with Gasteiger partial charge in [-0.2, -0.15) is 0 Å². The fourth-order valence-electron chi connectivity index (χ4n) is 3.16. The van der Waals surface area contributed by atoms with Crippen molar-refractivity contribution in [3.05, 3.63) is 71.8 Å². The van der Waals surface area contributed by atoms with E-state index in [1.54, 1.807) is 0 Å². The van der Waals surface area contributed by atoms with Gasteiger partial charge in [-0.3, -0.25) is 0 Å². The summed E-state index contributed by atoms with van der Waals surface area (Å²) in [4.78, 5) is 0. The predicted octanol–water partition coefficient (Wildman–Crippen LogP) is 4.74. The minimum Gasteiger partial charge on any atom is -0.0622 e. The van der Waals surface area contributed by atoms with Crippen LogP contribution in [0.1, 0.15) is 42.2 Å². The van der Waals surface area contributed by atoms with Crippen LogP contribution in [0, 0.1) is 0 Å². The monoisotopic (exact) mass is 222 g/mol. The Balaban J connectivity index is 1.91. The van der Waals surface area contributed by atoms with E-state index in [2.05, 4.69) is 60.7 Å². The topological polar surface area (TPSA) is 0 Å². The standard InChI is InChI=1S/C17H18/c1-3-8-14(9-4-1)16-12-7-13-17(16)15-10-5-2-6-11-15/h1-6,8-11,16-17H,7,12-13H2/t16-,17+. The lowest BCUT2D eigenvalue weighted by Gasteiger charge is -2.20. The van der Waals surface area contributed by atoms with Crippen molar-refractivity contribution in [1.29, 1.82) is 0 Å². The Kier molecular flexibility index (Phi) is 2.96. The zero-order valence-electron chi connectivity index (χ0n) is 10.0. The van der Waals surface area contributed by atoms with Gasteiger partial charge in [-0.05, 0) is 35.8 Å². The molecule has 3 rings (SSSR count). The molecule has 1 aliphatic rings. The van der Waals surface area contributed by atoms with E-state index in [1.165, 1.54) is 30.4 Å². The Morgan fingerprint density at radius 3 is 1.41 bits per heavy atom. The fourth-order valence-corrected chi connectivity index (χ4v) is 3.16. The molecule has 1 aliphatic carbocycles. The van der Waals surface area contributed by atoms with Crippen molar-refractivity contribution in [1.82, 2.24) is 0 Å². The van der Waals surface area contributed by atoms with E-state index in [-0.39, 0.29) is 0 Å². The Labute approximate surface area is 103 Å². The highest BCUT2D eigenvalue weighted by Gasteiger charge is 2.29. The maximum Gasteiger partial charge on any atom is -0.00931 e. The molecule has 1 fully saturated rings. The van der Waals surface area contributed by atoms with Crippen LogP contribution in [0.15, 0.2) is 60.7 Å². The molecule has 17 heavy (non-hydrogen) atoms. The average molecular weight is 222 g/mol. The zero-order chi connectivity index (χ0) is 11.5. The normalized spacial score (nSPS) is 23.8. The van der Waals surface area contributed by atoms with Gasteiger partial charge in [-0.25, -0.2) is 0 Å². The molecule has 0 radical (unpaired) electrons. The highest BCUT2D eigenvalue weighted by atomic mass is 14.3. The molecular formula is C17H18. The predicted molar refractivity (Wildman–Crippen MR) is 72.2 cm³/mol. The maximum absolute atomic E-state index is 2.28. The van der Waals surface area contributed by atoms with Crippen molar-refractivity contribution >= 4 is 0 Å². The summed E-state index contributed by atoms with van der Waals surface area (Å²) in [5.41, 5.74) is 3.03. The lowest BCUT2D eigenvalue weighted by atomic mass is 9.84. The molecule has 0 bridgehead atoms. The molecule has 2 aromatic carbocycles. The smallest absolute Gasteiger partial charge is 0.00931 e. The van der Waals surface area contributed by atoms with Crippen LogP contribution in [-0.2, 0) is 0 Å². The molecule has 86 valence electrons. The molecule has 2 atom stereocenters. The van der Waals surface area contributed by atoms with Crippen molar-refractivity contribution < 1.29 is 0 Å². The minimum absolute atomic E-state index is 0.721. The van der Waals surface area contributed by atoms with E-state index in [4.69, 9.17) is 0 Å². The second kappa shape index (κ2) is 4.75. The molecule has 0 heteroatoms. The van der Waals surface area contributed by atoms with E-state index in [1.807, 2.05) is 0 Å². The van der Waals surface area contributed by atoms with Gasteiger partial charge in [-0.1, -0.05) is 67.1 Å². The third kappa shape index (κ3) is 2.12. The second-order valence-corrected chi connectivity index (χ2v) is 4.97. The van der Waals surface area contributed by atoms with Gasteiger partial charge in [0.05, 0.1) is 0 Å². The number of benzene rings is 2. The van der Waals surface area contributed by atoms with Crippen LogP contribution in [0.4, 0.5) is 0 Å². The van der Waals surface area contributed by atoms with E-state index in [9.17, 15) is 0 Å². The first-order valence-corrected chi connectivity index (χ1v) is 6.55. The first-order valence-electron chi connectivity index (χ1n) is 6.55. The highest BCUT2D eigenvalue weighted by Crippen LogP contribution is 2.45. The summed E-state index contributed by atoms with van der Waals surface area (Å²) in [7, 11) is 0. The Hall–Kier alpha value is -1.56. The summed E-state index contributed by atoms with van der Waals surface area (Å²) >= 11 is 0. The molecule has 2 aromatic rings. The van der Waals surface area contributed by atoms with Crippen molar-refractivity contribution in [2.75, 3.05) is 0 Å². The molecule has 0 spiro atoms. The Bertz CT molecular complexity index is 412. The van der Waals surface area contributed by atoms with Crippen LogP contribution in [0.2, 0.25) is 0 Å². The number of hydrogen-bond donors (Lipinski definition) is 0. The molecule has 0 aromatic heterocycles. The van der Waals surface area contributed by atoms with Crippen molar-refractivity contribution in [2.45, 2.75) is 31.1 Å². The minimum atomic E-state index is 0.721. The lowest BCUT2D eigenvalue weighted by molar-refractivity contribution is 0.624. The highest BCUT2D eigenvalue weighted by molar-refractivity contribution is 5.30. The Morgan fingerprint density at radius 1 is 0.588 bits per heavy atom. The van der Waals surface area contributed by atoms with E-state index >= 15 is 0 Å². The van der Waals surface area contributed by atoms with Gasteiger partial charge in [0.1, 0.15) is 0 Å². The molecular weight excluding hydrogens is 204 g/mol. The van der Waals surface area contributed by atoms with Crippen molar-refractivity contribution in [2.24, 2.45) is 0 Å². The van der Waals surface area contributed by atoms with Crippen LogP contribution in [-0.4, -0.2) is 0 Å². The summed E-state index contributed by atoms with van der Waals surface area (Å²) in [6, 6.07) is 22.0. The summed E-state index contributed by atoms with van der Waals surface area (Å²) in [6.45, 7) is 0. The van der Waals surface area contributed by atoms with Gasteiger partial charge in [0.2, 0.25) is 0 Å². The fraction of sp³-hybridized carbons (Fsp3) is 0.294. The first-order chi connectivity index (χ1) is 8.45. The van der Waals surface area contributed by atoms with Gasteiger partial charge >= 0.3 is 0 Å². The van der Waals surface area contributed by atoms with E-state index in [0.29, 0.717) is 0 Å². The van der Waals surface area contributed by atoms with Crippen LogP contribution >= 0.6 is 0 Å². The second-order valence-electron chi connectivity index (χ2n) is 4.97. The first kappa shape index (κ1) is 10.6. The van der Waals surface area contributed by atoms with Crippen LogP contribution in [0.5, 0.6) is 0 Å². The van der Waals surface area contributed by atoms with E-state index in [0.717, 1.165) is 11.8 Å². The summed E-state index contributed by atoms with van der Waals surface area (Å²) in [5, 5.41) is 0. The number of rotatable bonds is 2. The quantitative estimate of drug-likeness (QED) is 0.688. The van der Waals surface area contributed by atoms with Crippen LogP contribution in [0.3, 0.4) is 0 Å². The Morgan fingerprint density at radius 2 is 1.00 bits per heavy atom. The van der Waals surface area contributed by atoms with Gasteiger partial charge < -0.3 is 0 Å². The molecule has 0 N–H and O–H groups in total. The zero-order valence-corrected chi connectivity index (χ0v) is 10.0. The van der Waals surface area contributed by atoms with Crippen molar-refractivity contribution in [3.63, 3.8) is 0 Å². The van der Waals surface area contributed by atoms with Gasteiger partial charge in [0, 0.05) is 0 Å². The van der Waals surface area contributed by atoms with Crippen LogP contribution < -0.4 is 0 Å². The molecule has 0 nitrogen and oxygen atoms in total. The molecule has 0 heterocycles. The third-order valence-electron chi connectivity index (χ3n) is 3.97. The van der Waals surface area contributed by atoms with Gasteiger partial charge in [0.15, 0.2) is 0 Å². The summed E-state index contributed by atoms with van der Waals surface area (Å²) in [5.74, 6) is 1.44.